The molecule has 0 spiro atoms. The van der Waals surface area contributed by atoms with Crippen molar-refractivity contribution < 1.29 is 13.9 Å². The summed E-state index contributed by atoms with van der Waals surface area (Å²) in [7, 11) is 0. The Balaban J connectivity index is 2.62. The fourth-order valence-corrected chi connectivity index (χ4v) is 1.01. The summed E-state index contributed by atoms with van der Waals surface area (Å²) in [4.78, 5) is 7.68. The zero-order chi connectivity index (χ0) is 10.6. The van der Waals surface area contributed by atoms with E-state index in [2.05, 4.69) is 9.97 Å². The summed E-state index contributed by atoms with van der Waals surface area (Å²) in [5.74, 6) is -3.66. The van der Waals surface area contributed by atoms with Crippen molar-refractivity contribution in [1.29, 1.82) is 0 Å². The van der Waals surface area contributed by atoms with Crippen molar-refractivity contribution in [2.45, 2.75) is 19.3 Å². The first kappa shape index (κ1) is 11.0. The fourth-order valence-electron chi connectivity index (χ4n) is 1.01. The fraction of sp³-hybridized carbons (Fsp3) is 0.556. The number of hydrogen-bond donors (Lipinski definition) is 1. The maximum atomic E-state index is 12.9. The van der Waals surface area contributed by atoms with E-state index in [1.807, 2.05) is 0 Å². The molecule has 0 aliphatic heterocycles. The summed E-state index contributed by atoms with van der Waals surface area (Å²) in [6, 6.07) is 1.62. The first-order valence-corrected chi connectivity index (χ1v) is 4.31. The molecule has 0 aromatic carbocycles. The Morgan fingerprint density at radius 1 is 1.43 bits per heavy atom. The van der Waals surface area contributed by atoms with Gasteiger partial charge in [0.25, 0.3) is 5.92 Å². The molecular formula is C9H12F2N2O. The number of aliphatic hydroxyl groups excluding tert-OH is 1. The van der Waals surface area contributed by atoms with Gasteiger partial charge in [-0.1, -0.05) is 6.92 Å². The van der Waals surface area contributed by atoms with Crippen molar-refractivity contribution in [1.82, 2.24) is 9.97 Å². The van der Waals surface area contributed by atoms with Crippen LogP contribution < -0.4 is 0 Å². The van der Waals surface area contributed by atoms with Crippen molar-refractivity contribution in [2.75, 3.05) is 6.61 Å². The van der Waals surface area contributed by atoms with Gasteiger partial charge in [-0.2, -0.15) is 0 Å². The molecule has 1 atom stereocenters. The van der Waals surface area contributed by atoms with Crippen LogP contribution in [0.5, 0.6) is 0 Å². The van der Waals surface area contributed by atoms with E-state index in [9.17, 15) is 8.78 Å². The minimum Gasteiger partial charge on any atom is -0.390 e. The number of aliphatic hydroxyl groups is 1. The SMILES string of the molecule is C[C@H](Cc1ncccn1)C(F)(F)CO. The molecule has 5 heteroatoms. The summed E-state index contributed by atoms with van der Waals surface area (Å²) in [5, 5.41) is 8.45. The molecule has 0 aliphatic carbocycles. The topological polar surface area (TPSA) is 46.0 Å². The molecular weight excluding hydrogens is 190 g/mol. The second-order valence-electron chi connectivity index (χ2n) is 3.19. The minimum absolute atomic E-state index is 0.0639. The third-order valence-corrected chi connectivity index (χ3v) is 2.04. The smallest absolute Gasteiger partial charge is 0.273 e. The van der Waals surface area contributed by atoms with Crippen LogP contribution in [-0.4, -0.2) is 27.6 Å². The van der Waals surface area contributed by atoms with Crippen LogP contribution in [0, 0.1) is 5.92 Å². The molecule has 1 heterocycles. The second kappa shape index (κ2) is 4.41. The minimum atomic E-state index is -3.07. The van der Waals surface area contributed by atoms with Gasteiger partial charge in [-0.15, -0.1) is 0 Å². The molecule has 1 N–H and O–H groups in total. The molecule has 3 nitrogen and oxygen atoms in total. The normalized spacial score (nSPS) is 14.0. The molecule has 0 bridgehead atoms. The Morgan fingerprint density at radius 2 is 2.00 bits per heavy atom. The van der Waals surface area contributed by atoms with Gasteiger partial charge >= 0.3 is 0 Å². The van der Waals surface area contributed by atoms with Crippen molar-refractivity contribution in [3.05, 3.63) is 24.3 Å². The van der Waals surface area contributed by atoms with Crippen LogP contribution in [0.25, 0.3) is 0 Å². The average molecular weight is 202 g/mol. The highest BCUT2D eigenvalue weighted by molar-refractivity contribution is 4.92. The van der Waals surface area contributed by atoms with Crippen LogP contribution in [0.3, 0.4) is 0 Å². The maximum absolute atomic E-state index is 12.9. The number of nitrogens with zero attached hydrogens (tertiary/aromatic N) is 2. The van der Waals surface area contributed by atoms with Crippen LogP contribution in [0.1, 0.15) is 12.7 Å². The van der Waals surface area contributed by atoms with Crippen LogP contribution >= 0.6 is 0 Å². The number of hydrogen-bond acceptors (Lipinski definition) is 3. The van der Waals surface area contributed by atoms with Gasteiger partial charge in [0.2, 0.25) is 0 Å². The van der Waals surface area contributed by atoms with Gasteiger partial charge in [-0.05, 0) is 6.07 Å². The molecule has 1 aromatic heterocycles. The molecule has 0 aliphatic rings. The summed E-state index contributed by atoms with van der Waals surface area (Å²) in [5.41, 5.74) is 0. The highest BCUT2D eigenvalue weighted by atomic mass is 19.3. The van der Waals surface area contributed by atoms with E-state index in [0.717, 1.165) is 0 Å². The van der Waals surface area contributed by atoms with Gasteiger partial charge in [0.05, 0.1) is 0 Å². The van der Waals surface area contributed by atoms with Gasteiger partial charge in [0.15, 0.2) is 0 Å². The monoisotopic (exact) mass is 202 g/mol. The lowest BCUT2D eigenvalue weighted by Gasteiger charge is -2.20. The quantitative estimate of drug-likeness (QED) is 0.800. The van der Waals surface area contributed by atoms with Crippen molar-refractivity contribution >= 4 is 0 Å². The third-order valence-electron chi connectivity index (χ3n) is 2.04. The number of aromatic nitrogens is 2. The second-order valence-corrected chi connectivity index (χ2v) is 3.19. The van der Waals surface area contributed by atoms with E-state index in [1.165, 1.54) is 19.3 Å². The predicted octanol–water partition coefficient (Wildman–Crippen LogP) is 1.28. The summed E-state index contributed by atoms with van der Waals surface area (Å²) in [6.45, 7) is 0.230. The Labute approximate surface area is 80.8 Å². The summed E-state index contributed by atoms with van der Waals surface area (Å²) >= 11 is 0. The first-order chi connectivity index (χ1) is 6.56. The van der Waals surface area contributed by atoms with E-state index in [0.29, 0.717) is 5.82 Å². The Hall–Kier alpha value is -1.10. The number of alkyl halides is 2. The molecule has 0 saturated heterocycles. The lowest BCUT2D eigenvalue weighted by molar-refractivity contribution is -0.0922. The van der Waals surface area contributed by atoms with Crippen LogP contribution in [0.4, 0.5) is 8.78 Å². The molecule has 0 amide bonds. The van der Waals surface area contributed by atoms with Gasteiger partial charge in [-0.3, -0.25) is 0 Å². The first-order valence-electron chi connectivity index (χ1n) is 4.31. The molecule has 14 heavy (non-hydrogen) atoms. The highest BCUT2D eigenvalue weighted by Gasteiger charge is 2.35. The molecule has 0 radical (unpaired) electrons. The van der Waals surface area contributed by atoms with Gasteiger partial charge in [0.1, 0.15) is 12.4 Å². The summed E-state index contributed by atoms with van der Waals surface area (Å²) in [6.07, 6.45) is 3.08. The maximum Gasteiger partial charge on any atom is 0.273 e. The lowest BCUT2D eigenvalue weighted by atomic mass is 10.00. The largest absolute Gasteiger partial charge is 0.390 e. The van der Waals surface area contributed by atoms with Gasteiger partial charge in [-0.25, -0.2) is 18.7 Å². The van der Waals surface area contributed by atoms with Gasteiger partial charge < -0.3 is 5.11 Å². The average Bonchev–Trinajstić information content (AvgIpc) is 2.19. The molecule has 78 valence electrons. The van der Waals surface area contributed by atoms with E-state index in [1.54, 1.807) is 6.07 Å². The molecule has 1 aromatic rings. The van der Waals surface area contributed by atoms with Crippen molar-refractivity contribution in [3.8, 4) is 0 Å². The molecule has 0 fully saturated rings. The zero-order valence-electron chi connectivity index (χ0n) is 7.82. The highest BCUT2D eigenvalue weighted by Crippen LogP contribution is 2.25. The Morgan fingerprint density at radius 3 is 2.50 bits per heavy atom. The molecule has 0 saturated carbocycles. The molecule has 1 rings (SSSR count). The summed E-state index contributed by atoms with van der Waals surface area (Å²) < 4.78 is 25.9. The van der Waals surface area contributed by atoms with Crippen LogP contribution in [0.2, 0.25) is 0 Å². The van der Waals surface area contributed by atoms with Gasteiger partial charge in [0, 0.05) is 24.7 Å². The Bertz CT molecular complexity index is 279. The third kappa shape index (κ3) is 2.70. The predicted molar refractivity (Wildman–Crippen MR) is 46.9 cm³/mol. The van der Waals surface area contributed by atoms with Crippen molar-refractivity contribution in [2.24, 2.45) is 5.92 Å². The van der Waals surface area contributed by atoms with Crippen molar-refractivity contribution in [3.63, 3.8) is 0 Å². The number of halogens is 2. The number of rotatable bonds is 4. The van der Waals surface area contributed by atoms with Crippen LogP contribution in [-0.2, 0) is 6.42 Å². The van der Waals surface area contributed by atoms with E-state index >= 15 is 0 Å². The van der Waals surface area contributed by atoms with E-state index in [-0.39, 0.29) is 6.42 Å². The standard InChI is InChI=1S/C9H12F2N2O/c1-7(9(10,11)6-14)5-8-12-3-2-4-13-8/h2-4,7,14H,5-6H2,1H3/t7-/m1/s1. The van der Waals surface area contributed by atoms with Crippen LogP contribution in [0.15, 0.2) is 18.5 Å². The van der Waals surface area contributed by atoms with E-state index in [4.69, 9.17) is 5.11 Å². The Kier molecular flexibility index (Phi) is 3.46. The zero-order valence-corrected chi connectivity index (χ0v) is 7.82. The lowest BCUT2D eigenvalue weighted by Crippen LogP contribution is -2.32. The molecule has 0 unspecified atom stereocenters. The van der Waals surface area contributed by atoms with E-state index < -0.39 is 18.4 Å².